The smallest absolute Gasteiger partial charge is 0.160 e. The van der Waals surface area contributed by atoms with Crippen LogP contribution in [0.4, 0.5) is 0 Å². The van der Waals surface area contributed by atoms with Gasteiger partial charge in [0.15, 0.2) is 5.82 Å². The molecule has 4 aromatic rings. The lowest BCUT2D eigenvalue weighted by Gasteiger charge is -2.08. The van der Waals surface area contributed by atoms with Gasteiger partial charge in [0.25, 0.3) is 0 Å². The molecule has 0 aliphatic heterocycles. The van der Waals surface area contributed by atoms with Crippen LogP contribution in [0, 0.1) is 6.92 Å². The van der Waals surface area contributed by atoms with Gasteiger partial charge in [0, 0.05) is 16.8 Å². The average molecular weight is 322 g/mol. The molecule has 0 saturated heterocycles. The molecule has 2 nitrogen and oxygen atoms in total. The molecule has 0 aliphatic carbocycles. The number of nitrogens with zero attached hydrogens (tertiary/aromatic N) is 2. The molecule has 0 saturated carbocycles. The van der Waals surface area contributed by atoms with Crippen LogP contribution in [-0.4, -0.2) is 9.97 Å². The molecular formula is C23H18N2. The molecule has 1 aromatic heterocycles. The van der Waals surface area contributed by atoms with Crippen molar-refractivity contribution in [3.05, 3.63) is 96.7 Å². The quantitative estimate of drug-likeness (QED) is 0.477. The zero-order valence-electron chi connectivity index (χ0n) is 14.1. The minimum absolute atomic E-state index is 0.762. The lowest BCUT2D eigenvalue weighted by Crippen LogP contribution is -1.95. The van der Waals surface area contributed by atoms with Crippen LogP contribution in [0.15, 0.2) is 91.0 Å². The maximum absolute atomic E-state index is 4.77. The SMILES string of the molecule is Cc1cc(-c2ccccc2)nc(-c2ccc(-c3ccccc3)cc2)n1. The van der Waals surface area contributed by atoms with E-state index in [1.807, 2.05) is 37.3 Å². The topological polar surface area (TPSA) is 25.8 Å². The second kappa shape index (κ2) is 6.70. The molecule has 0 amide bonds. The van der Waals surface area contributed by atoms with E-state index in [4.69, 9.17) is 4.98 Å². The molecule has 0 radical (unpaired) electrons. The Labute approximate surface area is 147 Å². The third kappa shape index (κ3) is 3.33. The van der Waals surface area contributed by atoms with E-state index >= 15 is 0 Å². The number of aryl methyl sites for hydroxylation is 1. The van der Waals surface area contributed by atoms with Crippen molar-refractivity contribution in [1.29, 1.82) is 0 Å². The Morgan fingerprint density at radius 3 is 1.68 bits per heavy atom. The van der Waals surface area contributed by atoms with E-state index in [0.29, 0.717) is 0 Å². The van der Waals surface area contributed by atoms with E-state index in [-0.39, 0.29) is 0 Å². The molecule has 0 aliphatic rings. The summed E-state index contributed by atoms with van der Waals surface area (Å²) in [5, 5.41) is 0. The zero-order chi connectivity index (χ0) is 17.1. The van der Waals surface area contributed by atoms with Crippen molar-refractivity contribution >= 4 is 0 Å². The minimum atomic E-state index is 0.762. The predicted molar refractivity (Wildman–Crippen MR) is 103 cm³/mol. The van der Waals surface area contributed by atoms with Gasteiger partial charge >= 0.3 is 0 Å². The fourth-order valence-electron chi connectivity index (χ4n) is 2.90. The van der Waals surface area contributed by atoms with Crippen LogP contribution in [0.5, 0.6) is 0 Å². The van der Waals surface area contributed by atoms with E-state index in [1.54, 1.807) is 0 Å². The summed E-state index contributed by atoms with van der Waals surface area (Å²) in [6, 6.07) is 31.0. The van der Waals surface area contributed by atoms with E-state index in [1.165, 1.54) is 11.1 Å². The molecule has 120 valence electrons. The molecule has 1 heterocycles. The van der Waals surface area contributed by atoms with Gasteiger partial charge in [0.2, 0.25) is 0 Å². The molecule has 4 rings (SSSR count). The Morgan fingerprint density at radius 2 is 1.04 bits per heavy atom. The van der Waals surface area contributed by atoms with Crippen LogP contribution in [0.1, 0.15) is 5.69 Å². The number of benzene rings is 3. The Kier molecular flexibility index (Phi) is 4.09. The highest BCUT2D eigenvalue weighted by Gasteiger charge is 2.07. The van der Waals surface area contributed by atoms with Crippen molar-refractivity contribution in [3.63, 3.8) is 0 Å². The van der Waals surface area contributed by atoms with Gasteiger partial charge in [-0.05, 0) is 24.1 Å². The highest BCUT2D eigenvalue weighted by molar-refractivity contribution is 5.69. The average Bonchev–Trinajstić information content (AvgIpc) is 2.69. The molecule has 2 heteroatoms. The standard InChI is InChI=1S/C23H18N2/c1-17-16-22(20-10-6-3-7-11-20)25-23(24-17)21-14-12-19(13-15-21)18-8-4-2-5-9-18/h2-16H,1H3. The Bertz CT molecular complexity index is 975. The predicted octanol–water partition coefficient (Wildman–Crippen LogP) is 5.79. The summed E-state index contributed by atoms with van der Waals surface area (Å²) < 4.78 is 0. The molecular weight excluding hydrogens is 304 g/mol. The summed E-state index contributed by atoms with van der Waals surface area (Å²) in [5.41, 5.74) is 6.46. The maximum atomic E-state index is 4.77. The number of aromatic nitrogens is 2. The molecule has 0 fully saturated rings. The highest BCUT2D eigenvalue weighted by atomic mass is 14.9. The van der Waals surface area contributed by atoms with Crippen LogP contribution in [0.25, 0.3) is 33.8 Å². The Balaban J connectivity index is 1.71. The second-order valence-corrected chi connectivity index (χ2v) is 6.03. The summed E-state index contributed by atoms with van der Waals surface area (Å²) in [6.45, 7) is 2.01. The van der Waals surface area contributed by atoms with E-state index in [2.05, 4.69) is 65.6 Å². The first-order chi connectivity index (χ1) is 12.3. The minimum Gasteiger partial charge on any atom is -0.233 e. The first kappa shape index (κ1) is 15.3. The van der Waals surface area contributed by atoms with Crippen molar-refractivity contribution in [1.82, 2.24) is 9.97 Å². The van der Waals surface area contributed by atoms with Gasteiger partial charge in [-0.2, -0.15) is 0 Å². The van der Waals surface area contributed by atoms with Crippen LogP contribution in [0.3, 0.4) is 0 Å². The van der Waals surface area contributed by atoms with Gasteiger partial charge < -0.3 is 0 Å². The number of hydrogen-bond donors (Lipinski definition) is 0. The van der Waals surface area contributed by atoms with Gasteiger partial charge in [-0.1, -0.05) is 84.9 Å². The summed E-state index contributed by atoms with van der Waals surface area (Å²) in [5.74, 6) is 0.762. The summed E-state index contributed by atoms with van der Waals surface area (Å²) in [6.07, 6.45) is 0. The van der Waals surface area contributed by atoms with E-state index in [9.17, 15) is 0 Å². The van der Waals surface area contributed by atoms with Crippen molar-refractivity contribution in [2.75, 3.05) is 0 Å². The van der Waals surface area contributed by atoms with Crippen molar-refractivity contribution in [2.24, 2.45) is 0 Å². The van der Waals surface area contributed by atoms with Crippen LogP contribution >= 0.6 is 0 Å². The van der Waals surface area contributed by atoms with E-state index in [0.717, 1.165) is 28.3 Å². The first-order valence-electron chi connectivity index (χ1n) is 8.36. The van der Waals surface area contributed by atoms with Crippen LogP contribution in [0.2, 0.25) is 0 Å². The largest absolute Gasteiger partial charge is 0.233 e. The number of rotatable bonds is 3. The van der Waals surface area contributed by atoms with Gasteiger partial charge in [-0.25, -0.2) is 9.97 Å². The Hall–Kier alpha value is -3.26. The molecule has 25 heavy (non-hydrogen) atoms. The van der Waals surface area contributed by atoms with Crippen LogP contribution in [-0.2, 0) is 0 Å². The molecule has 3 aromatic carbocycles. The summed E-state index contributed by atoms with van der Waals surface area (Å²) in [4.78, 5) is 9.39. The van der Waals surface area contributed by atoms with Crippen molar-refractivity contribution < 1.29 is 0 Å². The number of hydrogen-bond acceptors (Lipinski definition) is 2. The first-order valence-corrected chi connectivity index (χ1v) is 8.36. The third-order valence-electron chi connectivity index (χ3n) is 4.17. The van der Waals surface area contributed by atoms with Crippen molar-refractivity contribution in [3.8, 4) is 33.8 Å². The fourth-order valence-corrected chi connectivity index (χ4v) is 2.90. The van der Waals surface area contributed by atoms with Gasteiger partial charge in [0.1, 0.15) is 0 Å². The van der Waals surface area contributed by atoms with Crippen molar-refractivity contribution in [2.45, 2.75) is 6.92 Å². The van der Waals surface area contributed by atoms with Crippen LogP contribution < -0.4 is 0 Å². The highest BCUT2D eigenvalue weighted by Crippen LogP contribution is 2.25. The van der Waals surface area contributed by atoms with E-state index < -0.39 is 0 Å². The molecule has 0 atom stereocenters. The lowest BCUT2D eigenvalue weighted by molar-refractivity contribution is 1.12. The van der Waals surface area contributed by atoms with Gasteiger partial charge in [-0.3, -0.25) is 0 Å². The zero-order valence-corrected chi connectivity index (χ0v) is 14.1. The van der Waals surface area contributed by atoms with Gasteiger partial charge in [-0.15, -0.1) is 0 Å². The monoisotopic (exact) mass is 322 g/mol. The second-order valence-electron chi connectivity index (χ2n) is 6.03. The third-order valence-corrected chi connectivity index (χ3v) is 4.17. The summed E-state index contributed by atoms with van der Waals surface area (Å²) in [7, 11) is 0. The molecule has 0 spiro atoms. The molecule has 0 unspecified atom stereocenters. The Morgan fingerprint density at radius 1 is 0.520 bits per heavy atom. The lowest BCUT2D eigenvalue weighted by atomic mass is 10.0. The van der Waals surface area contributed by atoms with Gasteiger partial charge in [0.05, 0.1) is 5.69 Å². The normalized spacial score (nSPS) is 10.6. The maximum Gasteiger partial charge on any atom is 0.160 e. The molecule has 0 bridgehead atoms. The summed E-state index contributed by atoms with van der Waals surface area (Å²) >= 11 is 0. The molecule has 0 N–H and O–H groups in total. The fraction of sp³-hybridized carbons (Fsp3) is 0.0435.